The molecule has 1 saturated carbocycles. The van der Waals surface area contributed by atoms with Crippen LogP contribution >= 0.6 is 0 Å². The van der Waals surface area contributed by atoms with Crippen molar-refractivity contribution in [1.29, 1.82) is 0 Å². The Labute approximate surface area is 495 Å². The number of morpholine rings is 1. The summed E-state index contributed by atoms with van der Waals surface area (Å²) in [6.07, 6.45) is 8.79. The molecule has 3 aromatic heterocycles. The largest absolute Gasteiger partial charge is 0.476 e. The van der Waals surface area contributed by atoms with E-state index in [1.807, 2.05) is 30.5 Å². The normalized spacial score (nSPS) is 24.8. The van der Waals surface area contributed by atoms with Crippen molar-refractivity contribution in [3.05, 3.63) is 123 Å². The molecule has 21 nitrogen and oxygen atoms in total. The van der Waals surface area contributed by atoms with Gasteiger partial charge in [-0.15, -0.1) is 0 Å². The van der Waals surface area contributed by atoms with Gasteiger partial charge in [0.05, 0.1) is 53.0 Å². The number of sulfonamides is 1. The van der Waals surface area contributed by atoms with E-state index in [0.717, 1.165) is 113 Å². The molecule has 3 N–H and O–H groups in total. The van der Waals surface area contributed by atoms with Gasteiger partial charge in [-0.2, -0.15) is 9.97 Å². The summed E-state index contributed by atoms with van der Waals surface area (Å²) >= 11 is 0. The number of piperazine rings is 1. The van der Waals surface area contributed by atoms with Crippen LogP contribution in [-0.2, 0) is 30.7 Å². The van der Waals surface area contributed by atoms with Crippen LogP contribution in [0.25, 0.3) is 11.0 Å². The average Bonchev–Trinajstić information content (AvgIpc) is 2.99. The molecule has 6 fully saturated rings. The van der Waals surface area contributed by atoms with Crippen molar-refractivity contribution in [2.75, 3.05) is 112 Å². The summed E-state index contributed by atoms with van der Waals surface area (Å²) in [5, 5.41) is 16.4. The van der Waals surface area contributed by atoms with E-state index in [1.54, 1.807) is 6.07 Å². The van der Waals surface area contributed by atoms with E-state index in [0.29, 0.717) is 88.2 Å². The number of aromatic nitrogens is 3. The number of ether oxygens (including phenoxy) is 5. The van der Waals surface area contributed by atoms with Crippen molar-refractivity contribution in [1.82, 2.24) is 29.5 Å². The molecule has 0 radical (unpaired) electrons. The van der Waals surface area contributed by atoms with Gasteiger partial charge in [0.25, 0.3) is 21.6 Å². The number of nitro benzene ring substituents is 1. The molecule has 0 bridgehead atoms. The summed E-state index contributed by atoms with van der Waals surface area (Å²) in [6, 6.07) is 27.5. The van der Waals surface area contributed by atoms with Crippen molar-refractivity contribution >= 4 is 61.2 Å². The van der Waals surface area contributed by atoms with Gasteiger partial charge < -0.3 is 48.7 Å². The Hall–Kier alpha value is -7.08. The first-order valence-corrected chi connectivity index (χ1v) is 31.9. The number of benzene rings is 3. The number of aromatic amines is 1. The lowest BCUT2D eigenvalue weighted by atomic mass is 9.59. The Bertz CT molecular complexity index is 3600. The number of hydrogen-bond donors (Lipinski definition) is 3. The quantitative estimate of drug-likeness (QED) is 0.0733. The Morgan fingerprint density at radius 2 is 1.66 bits per heavy atom. The maximum Gasteiger partial charge on any atom is 0.293 e. The molecule has 1 spiro atoms. The summed E-state index contributed by atoms with van der Waals surface area (Å²) < 4.78 is 61.0. The number of pyridine rings is 2. The number of anilines is 5. The zero-order valence-corrected chi connectivity index (χ0v) is 49.1. The van der Waals surface area contributed by atoms with E-state index < -0.39 is 37.5 Å². The highest BCUT2D eigenvalue weighted by Gasteiger charge is 2.51. The number of amides is 1. The second kappa shape index (κ2) is 23.0. The minimum Gasteiger partial charge on any atom is -0.476 e. The highest BCUT2D eigenvalue weighted by molar-refractivity contribution is 7.90. The smallest absolute Gasteiger partial charge is 0.293 e. The number of nitrogens with one attached hydrogen (secondary N) is 3. The monoisotopic (exact) mass is 1180 g/mol. The number of nitrogens with zero attached hydrogens (tertiary/aromatic N) is 8. The Morgan fingerprint density at radius 1 is 0.835 bits per heavy atom. The minimum atomic E-state index is -4.62. The summed E-state index contributed by atoms with van der Waals surface area (Å²) in [7, 11) is -4.62. The molecule has 448 valence electrons. The van der Waals surface area contributed by atoms with Crippen molar-refractivity contribution < 1.29 is 41.8 Å². The summed E-state index contributed by atoms with van der Waals surface area (Å²) in [6.45, 7) is 14.3. The Balaban J connectivity index is 0.698. The number of aryl methyl sites for hydroxylation is 1. The van der Waals surface area contributed by atoms with E-state index in [-0.39, 0.29) is 46.8 Å². The highest BCUT2D eigenvalue weighted by Crippen LogP contribution is 2.54. The third-order valence-electron chi connectivity index (χ3n) is 19.7. The topological polar surface area (TPSA) is 222 Å². The fraction of sp³-hybridized carbons (Fsp3) is 0.508. The second-order valence-corrected chi connectivity index (χ2v) is 26.5. The van der Waals surface area contributed by atoms with Gasteiger partial charge in [0.1, 0.15) is 35.6 Å². The van der Waals surface area contributed by atoms with Crippen molar-refractivity contribution in [2.45, 2.75) is 106 Å². The maximum absolute atomic E-state index is 14.8. The van der Waals surface area contributed by atoms with Crippen LogP contribution < -0.4 is 34.2 Å². The molecular weight excluding hydrogens is 1100 g/mol. The Kier molecular flexibility index (Phi) is 15.1. The molecule has 14 rings (SSSR count). The van der Waals surface area contributed by atoms with Crippen molar-refractivity contribution in [2.24, 2.45) is 11.3 Å². The van der Waals surface area contributed by atoms with Gasteiger partial charge in [-0.05, 0) is 142 Å². The van der Waals surface area contributed by atoms with Crippen molar-refractivity contribution in [3.63, 3.8) is 0 Å². The molecular formula is C63H75N11O10S. The number of nitro groups is 1. The van der Waals surface area contributed by atoms with E-state index in [4.69, 9.17) is 33.7 Å². The molecule has 8 aliphatic rings. The van der Waals surface area contributed by atoms with E-state index in [1.165, 1.54) is 28.8 Å². The number of piperidine rings is 1. The van der Waals surface area contributed by atoms with Gasteiger partial charge in [0, 0.05) is 113 Å². The number of hydrogen-bond acceptors (Lipinski definition) is 18. The van der Waals surface area contributed by atoms with E-state index >= 15 is 0 Å². The summed E-state index contributed by atoms with van der Waals surface area (Å²) in [4.78, 5) is 51.6. The second-order valence-electron chi connectivity index (χ2n) is 24.8. The van der Waals surface area contributed by atoms with Crippen molar-refractivity contribution in [3.8, 4) is 11.8 Å². The van der Waals surface area contributed by atoms with Gasteiger partial charge in [-0.1, -0.05) is 24.3 Å². The number of carbonyl (C=O) groups is 1. The lowest BCUT2D eigenvalue weighted by molar-refractivity contribution is -0.384. The van der Waals surface area contributed by atoms with E-state index in [2.05, 4.69) is 89.8 Å². The van der Waals surface area contributed by atoms with Crippen LogP contribution in [0.3, 0.4) is 0 Å². The molecule has 1 amide bonds. The predicted molar refractivity (Wildman–Crippen MR) is 322 cm³/mol. The number of H-pyrrole nitrogens is 1. The summed E-state index contributed by atoms with van der Waals surface area (Å²) in [5.41, 5.74) is 6.72. The first kappa shape index (κ1) is 55.8. The fourth-order valence-corrected chi connectivity index (χ4v) is 15.8. The van der Waals surface area contributed by atoms with Crippen LogP contribution in [0.15, 0.2) is 96.0 Å². The number of fused-ring (bicyclic) bond motifs is 4. The molecule has 85 heavy (non-hydrogen) atoms. The van der Waals surface area contributed by atoms with Crippen LogP contribution in [-0.4, -0.2) is 166 Å². The molecule has 22 heteroatoms. The average molecular weight is 1180 g/mol. The SMILES string of the molecule is Cc1ccccc1[C@@H]1CN([C@H]2COc3nc(N4CCOC[C@@H]4C)ccc3C2)CCN1C1CC2(CCN(c3ccc(C(=O)NS(=O)(=O)c4ccc(NCC5CCOCC5)c([N+](=O)[O-])c4)c(N4c5cc6cc[nH]c6nc5O[C@H]5COCC[C@@H]54)c3)CC2)C1. The van der Waals surface area contributed by atoms with Gasteiger partial charge in [-0.3, -0.25) is 24.7 Å². The fourth-order valence-electron chi connectivity index (χ4n) is 14.8. The molecule has 7 aliphatic heterocycles. The Morgan fingerprint density at radius 3 is 2.48 bits per heavy atom. The molecule has 1 aliphatic carbocycles. The van der Waals surface area contributed by atoms with Crippen LogP contribution in [0.1, 0.15) is 85.0 Å². The highest BCUT2D eigenvalue weighted by atomic mass is 32.2. The van der Waals surface area contributed by atoms with Crippen LogP contribution in [0.2, 0.25) is 0 Å². The molecule has 0 unspecified atom stereocenters. The number of carbonyl (C=O) groups excluding carboxylic acids is 1. The molecule has 10 heterocycles. The third-order valence-corrected chi connectivity index (χ3v) is 21.0. The van der Waals surface area contributed by atoms with Gasteiger partial charge in [0.2, 0.25) is 11.8 Å². The van der Waals surface area contributed by atoms with Gasteiger partial charge >= 0.3 is 0 Å². The third kappa shape index (κ3) is 10.9. The lowest BCUT2D eigenvalue weighted by Gasteiger charge is -2.59. The molecule has 3 aromatic carbocycles. The lowest BCUT2D eigenvalue weighted by Crippen LogP contribution is -2.61. The maximum atomic E-state index is 14.8. The van der Waals surface area contributed by atoms with Crippen LogP contribution in [0.4, 0.5) is 34.3 Å². The van der Waals surface area contributed by atoms with E-state index in [9.17, 15) is 23.3 Å². The standard InChI is InChI=1S/C63H75N11O10S/c1-40-5-3-4-6-49(40)56-36-70(46-29-44-7-12-58(66-61(44)83-38-46)71-24-28-82-37-41(71)2)22-23-72(56)47-33-63(34-47)17-20-69(21-18-63)45-8-10-50(53(31-45)73-52-16-27-81-39-57(52)84-62-55(73)30-43-13-19-64-59(43)67-62)60(75)68-85(78,79)48-9-11-51(54(32-48)74(76)77)65-35-42-14-25-80-26-15-42/h3-13,19,30-32,41-42,46-47,52,56-57,65H,14-18,20-29,33-39H2,1-2H3,(H,64,67)(H,68,75)/t41-,46+,52-,56-,57-/m0/s1. The van der Waals surface area contributed by atoms with Crippen LogP contribution in [0.5, 0.6) is 11.8 Å². The van der Waals surface area contributed by atoms with Gasteiger partial charge in [-0.25, -0.2) is 13.1 Å². The molecule has 5 atom stereocenters. The predicted octanol–water partition coefficient (Wildman–Crippen LogP) is 8.16. The minimum absolute atomic E-state index is 0.119. The zero-order valence-electron chi connectivity index (χ0n) is 48.3. The molecule has 6 aromatic rings. The van der Waals surface area contributed by atoms with Crippen LogP contribution in [0, 0.1) is 28.4 Å². The zero-order chi connectivity index (χ0) is 58.0. The first-order chi connectivity index (χ1) is 41.3. The van der Waals surface area contributed by atoms with Gasteiger partial charge in [0.15, 0.2) is 0 Å². The molecule has 5 saturated heterocycles. The first-order valence-electron chi connectivity index (χ1n) is 30.4. The summed E-state index contributed by atoms with van der Waals surface area (Å²) in [5.74, 6) is 1.48. The number of rotatable bonds is 13.